The second-order valence-electron chi connectivity index (χ2n) is 6.28. The third kappa shape index (κ3) is 9.24. The fourth-order valence-electron chi connectivity index (χ4n) is 2.96. The summed E-state index contributed by atoms with van der Waals surface area (Å²) in [5, 5.41) is 9.02. The summed E-state index contributed by atoms with van der Waals surface area (Å²) in [6.07, 6.45) is 19.0. The highest BCUT2D eigenvalue weighted by Crippen LogP contribution is 2.13. The third-order valence-electron chi connectivity index (χ3n) is 4.29. The first-order chi connectivity index (χ1) is 10.9. The second kappa shape index (κ2) is 13.8. The fraction of sp³-hybridized carbons (Fsp3) is 0.842. The summed E-state index contributed by atoms with van der Waals surface area (Å²) < 4.78 is 0. The number of amidine groups is 1. The van der Waals surface area contributed by atoms with Crippen LogP contribution in [0.25, 0.3) is 0 Å². The van der Waals surface area contributed by atoms with Gasteiger partial charge in [0.25, 0.3) is 0 Å². The molecular formula is C19H36N2O. The molecule has 0 saturated heterocycles. The molecule has 0 spiro atoms. The van der Waals surface area contributed by atoms with Crippen LogP contribution in [0.15, 0.2) is 17.1 Å². The standard InChI is InChI=1S/C19H36N2O/c1-2-3-4-5-6-7-8-9-10-11-12-13-14-19-20-15-16-21(19)17-18-22/h4-5,22H,2-3,6-18H2,1H3/b5-4+. The Hall–Kier alpha value is -0.830. The van der Waals surface area contributed by atoms with E-state index in [2.05, 4.69) is 29.0 Å². The smallest absolute Gasteiger partial charge is 0.0991 e. The Labute approximate surface area is 137 Å². The van der Waals surface area contributed by atoms with Crippen LogP contribution in [0.1, 0.15) is 77.6 Å². The van der Waals surface area contributed by atoms with E-state index in [1.54, 1.807) is 0 Å². The van der Waals surface area contributed by atoms with Gasteiger partial charge in [-0.25, -0.2) is 0 Å². The van der Waals surface area contributed by atoms with Gasteiger partial charge < -0.3 is 10.0 Å². The van der Waals surface area contributed by atoms with E-state index < -0.39 is 0 Å². The van der Waals surface area contributed by atoms with Gasteiger partial charge in [-0.15, -0.1) is 0 Å². The summed E-state index contributed by atoms with van der Waals surface area (Å²) in [6, 6.07) is 0. The number of unbranched alkanes of at least 4 members (excludes halogenated alkanes) is 8. The highest BCUT2D eigenvalue weighted by molar-refractivity contribution is 5.83. The first kappa shape index (κ1) is 19.2. The third-order valence-corrected chi connectivity index (χ3v) is 4.29. The number of aliphatic hydroxyl groups excluding tert-OH is 1. The number of rotatable bonds is 14. The minimum Gasteiger partial charge on any atom is -0.395 e. The largest absolute Gasteiger partial charge is 0.395 e. The van der Waals surface area contributed by atoms with Gasteiger partial charge in [0.2, 0.25) is 0 Å². The monoisotopic (exact) mass is 308 g/mol. The highest BCUT2D eigenvalue weighted by Gasteiger charge is 2.14. The van der Waals surface area contributed by atoms with Crippen LogP contribution in [-0.4, -0.2) is 42.1 Å². The molecule has 128 valence electrons. The number of aliphatic imine (C=N–C) groups is 1. The summed E-state index contributed by atoms with van der Waals surface area (Å²) >= 11 is 0. The van der Waals surface area contributed by atoms with Crippen molar-refractivity contribution in [3.63, 3.8) is 0 Å². The SMILES string of the molecule is CCC/C=C/CCCCCCCCCC1=NCCN1CCO. The molecule has 0 fully saturated rings. The lowest BCUT2D eigenvalue weighted by Gasteiger charge is -2.18. The van der Waals surface area contributed by atoms with Crippen molar-refractivity contribution < 1.29 is 5.11 Å². The van der Waals surface area contributed by atoms with E-state index in [0.717, 1.165) is 26.1 Å². The molecule has 0 aliphatic carbocycles. The zero-order chi connectivity index (χ0) is 15.9. The minimum absolute atomic E-state index is 0.243. The van der Waals surface area contributed by atoms with Crippen LogP contribution in [0.3, 0.4) is 0 Å². The fourth-order valence-corrected chi connectivity index (χ4v) is 2.96. The first-order valence-corrected chi connectivity index (χ1v) is 9.42. The molecule has 0 aromatic carbocycles. The number of nitrogens with zero attached hydrogens (tertiary/aromatic N) is 2. The van der Waals surface area contributed by atoms with Crippen LogP contribution < -0.4 is 0 Å². The van der Waals surface area contributed by atoms with Gasteiger partial charge in [0.05, 0.1) is 19.0 Å². The topological polar surface area (TPSA) is 35.8 Å². The number of allylic oxidation sites excluding steroid dienone is 2. The van der Waals surface area contributed by atoms with Crippen molar-refractivity contribution in [3.8, 4) is 0 Å². The Balaban J connectivity index is 1.86. The van der Waals surface area contributed by atoms with Gasteiger partial charge in [0.15, 0.2) is 0 Å². The lowest BCUT2D eigenvalue weighted by molar-refractivity contribution is 0.255. The van der Waals surface area contributed by atoms with Crippen LogP contribution in [0.5, 0.6) is 0 Å². The Morgan fingerprint density at radius 3 is 2.41 bits per heavy atom. The Kier molecular flexibility index (Phi) is 12.1. The van der Waals surface area contributed by atoms with Gasteiger partial charge in [-0.1, -0.05) is 57.6 Å². The van der Waals surface area contributed by atoms with E-state index in [1.165, 1.54) is 70.0 Å². The van der Waals surface area contributed by atoms with Crippen molar-refractivity contribution >= 4 is 5.84 Å². The highest BCUT2D eigenvalue weighted by atomic mass is 16.3. The molecule has 0 bridgehead atoms. The van der Waals surface area contributed by atoms with Crippen molar-refractivity contribution in [1.29, 1.82) is 0 Å². The number of aliphatic hydroxyl groups is 1. The zero-order valence-electron chi connectivity index (χ0n) is 14.6. The lowest BCUT2D eigenvalue weighted by Crippen LogP contribution is -2.30. The molecule has 3 nitrogen and oxygen atoms in total. The van der Waals surface area contributed by atoms with E-state index in [4.69, 9.17) is 5.11 Å². The van der Waals surface area contributed by atoms with Crippen LogP contribution >= 0.6 is 0 Å². The van der Waals surface area contributed by atoms with E-state index in [-0.39, 0.29) is 6.61 Å². The molecule has 0 unspecified atom stereocenters. The van der Waals surface area contributed by atoms with Crippen molar-refractivity contribution in [1.82, 2.24) is 4.90 Å². The van der Waals surface area contributed by atoms with Crippen molar-refractivity contribution in [2.24, 2.45) is 4.99 Å². The van der Waals surface area contributed by atoms with Crippen molar-refractivity contribution in [2.75, 3.05) is 26.2 Å². The molecule has 0 aromatic rings. The number of hydrogen-bond donors (Lipinski definition) is 1. The molecule has 3 heteroatoms. The molecule has 1 N–H and O–H groups in total. The molecule has 0 saturated carbocycles. The van der Waals surface area contributed by atoms with Crippen molar-refractivity contribution in [3.05, 3.63) is 12.2 Å². The van der Waals surface area contributed by atoms with E-state index in [9.17, 15) is 0 Å². The predicted octanol–water partition coefficient (Wildman–Crippen LogP) is 4.56. The van der Waals surface area contributed by atoms with Crippen LogP contribution in [0, 0.1) is 0 Å². The van der Waals surface area contributed by atoms with Crippen LogP contribution in [0.2, 0.25) is 0 Å². The minimum atomic E-state index is 0.243. The second-order valence-corrected chi connectivity index (χ2v) is 6.28. The Morgan fingerprint density at radius 2 is 1.68 bits per heavy atom. The predicted molar refractivity (Wildman–Crippen MR) is 96.6 cm³/mol. The molecule has 1 heterocycles. The molecule has 1 rings (SSSR count). The first-order valence-electron chi connectivity index (χ1n) is 9.42. The maximum atomic E-state index is 9.02. The van der Waals surface area contributed by atoms with E-state index in [1.807, 2.05) is 0 Å². The van der Waals surface area contributed by atoms with Gasteiger partial charge in [-0.05, 0) is 25.7 Å². The molecule has 0 aromatic heterocycles. The Bertz CT molecular complexity index is 313. The normalized spacial score (nSPS) is 15.0. The number of β-amino-alcohol motifs (C(OH)–C–C–N with tert-alkyl or cyclic N) is 1. The molecule has 0 amide bonds. The van der Waals surface area contributed by atoms with Crippen molar-refractivity contribution in [2.45, 2.75) is 77.6 Å². The molecule has 0 atom stereocenters. The van der Waals surface area contributed by atoms with E-state index in [0.29, 0.717) is 0 Å². The summed E-state index contributed by atoms with van der Waals surface area (Å²) in [5.74, 6) is 1.23. The summed E-state index contributed by atoms with van der Waals surface area (Å²) in [6.45, 7) is 5.15. The quantitative estimate of drug-likeness (QED) is 0.377. The summed E-state index contributed by atoms with van der Waals surface area (Å²) in [4.78, 5) is 6.79. The molecule has 0 radical (unpaired) electrons. The van der Waals surface area contributed by atoms with Crippen LogP contribution in [0.4, 0.5) is 0 Å². The van der Waals surface area contributed by atoms with Gasteiger partial charge >= 0.3 is 0 Å². The maximum absolute atomic E-state index is 9.02. The average molecular weight is 309 g/mol. The Morgan fingerprint density at radius 1 is 1.00 bits per heavy atom. The zero-order valence-corrected chi connectivity index (χ0v) is 14.6. The molecular weight excluding hydrogens is 272 g/mol. The van der Waals surface area contributed by atoms with Gasteiger partial charge in [0, 0.05) is 19.5 Å². The lowest BCUT2D eigenvalue weighted by atomic mass is 10.1. The molecule has 1 aliphatic heterocycles. The van der Waals surface area contributed by atoms with Crippen LogP contribution in [-0.2, 0) is 0 Å². The van der Waals surface area contributed by atoms with Gasteiger partial charge in [0.1, 0.15) is 0 Å². The number of hydrogen-bond acceptors (Lipinski definition) is 3. The summed E-state index contributed by atoms with van der Waals surface area (Å²) in [5.41, 5.74) is 0. The van der Waals surface area contributed by atoms with Gasteiger partial charge in [-0.3, -0.25) is 4.99 Å². The van der Waals surface area contributed by atoms with E-state index >= 15 is 0 Å². The molecule has 22 heavy (non-hydrogen) atoms. The average Bonchev–Trinajstić information content (AvgIpc) is 2.96. The van der Waals surface area contributed by atoms with Gasteiger partial charge in [-0.2, -0.15) is 0 Å². The maximum Gasteiger partial charge on any atom is 0.0991 e. The molecule has 1 aliphatic rings. The summed E-state index contributed by atoms with van der Waals surface area (Å²) in [7, 11) is 0.